The first-order valence-corrected chi connectivity index (χ1v) is 5.92. The number of aliphatic hydroxyl groups excluding tert-OH is 1. The van der Waals surface area contributed by atoms with E-state index in [9.17, 15) is 0 Å². The van der Waals surface area contributed by atoms with Gasteiger partial charge in [0.2, 0.25) is 0 Å². The lowest BCUT2D eigenvalue weighted by Gasteiger charge is -2.21. The molecule has 2 rings (SSSR count). The molecule has 0 radical (unpaired) electrons. The Morgan fingerprint density at radius 3 is 2.65 bits per heavy atom. The second-order valence-corrected chi connectivity index (χ2v) is 4.15. The number of likely N-dealkylation sites (N-methyl/N-ethyl adjacent to an activating group) is 1. The van der Waals surface area contributed by atoms with Crippen molar-refractivity contribution >= 4 is 0 Å². The molecule has 1 heterocycles. The van der Waals surface area contributed by atoms with Crippen LogP contribution in [0.4, 0.5) is 0 Å². The first-order valence-electron chi connectivity index (χ1n) is 5.92. The van der Waals surface area contributed by atoms with Gasteiger partial charge in [-0.3, -0.25) is 4.90 Å². The minimum absolute atomic E-state index is 0.0527. The maximum Gasteiger partial charge on any atom is 0.137 e. The maximum absolute atomic E-state index is 9.15. The third-order valence-corrected chi connectivity index (χ3v) is 3.10. The summed E-state index contributed by atoms with van der Waals surface area (Å²) >= 11 is 0. The number of hydrogen-bond donors (Lipinski definition) is 1. The van der Waals surface area contributed by atoms with Gasteiger partial charge in [-0.1, -0.05) is 19.1 Å². The largest absolute Gasteiger partial charge is 0.497 e. The summed E-state index contributed by atoms with van der Waals surface area (Å²) < 4.78 is 10.9. The molecule has 2 atom stereocenters. The highest BCUT2D eigenvalue weighted by molar-refractivity contribution is 5.28. The third kappa shape index (κ3) is 2.60. The van der Waals surface area contributed by atoms with Crippen molar-refractivity contribution in [3.63, 3.8) is 0 Å². The van der Waals surface area contributed by atoms with E-state index in [0.717, 1.165) is 24.4 Å². The number of hydrogen-bond acceptors (Lipinski definition) is 4. The highest BCUT2D eigenvalue weighted by Gasteiger charge is 2.32. The van der Waals surface area contributed by atoms with Crippen molar-refractivity contribution in [2.24, 2.45) is 0 Å². The molecule has 4 nitrogen and oxygen atoms in total. The summed E-state index contributed by atoms with van der Waals surface area (Å²) in [6, 6.07) is 7.87. The third-order valence-electron chi connectivity index (χ3n) is 3.10. The van der Waals surface area contributed by atoms with Crippen LogP contribution in [0.1, 0.15) is 18.7 Å². The van der Waals surface area contributed by atoms with E-state index in [1.165, 1.54) is 0 Å². The molecule has 4 heteroatoms. The molecule has 1 aliphatic rings. The van der Waals surface area contributed by atoms with Crippen LogP contribution in [0.25, 0.3) is 0 Å². The molecular weight excluding hydrogens is 218 g/mol. The van der Waals surface area contributed by atoms with Crippen molar-refractivity contribution in [1.29, 1.82) is 0 Å². The van der Waals surface area contributed by atoms with Gasteiger partial charge in [0.15, 0.2) is 0 Å². The van der Waals surface area contributed by atoms with Gasteiger partial charge in [-0.25, -0.2) is 0 Å². The minimum Gasteiger partial charge on any atom is -0.497 e. The Labute approximate surface area is 102 Å². The normalized spacial score (nSPS) is 25.1. The number of aliphatic hydroxyl groups is 1. The predicted molar refractivity (Wildman–Crippen MR) is 64.9 cm³/mol. The molecule has 0 aromatic heterocycles. The highest BCUT2D eigenvalue weighted by Crippen LogP contribution is 2.30. The van der Waals surface area contributed by atoms with Crippen LogP contribution in [-0.4, -0.2) is 42.9 Å². The van der Waals surface area contributed by atoms with Crippen molar-refractivity contribution in [3.8, 4) is 5.75 Å². The van der Waals surface area contributed by atoms with E-state index in [2.05, 4.69) is 11.8 Å². The Hall–Kier alpha value is -1.10. The Balaban J connectivity index is 2.14. The average molecular weight is 237 g/mol. The number of methoxy groups -OCH3 is 1. The van der Waals surface area contributed by atoms with E-state index in [4.69, 9.17) is 14.6 Å². The van der Waals surface area contributed by atoms with Crippen LogP contribution < -0.4 is 4.74 Å². The monoisotopic (exact) mass is 237 g/mol. The minimum atomic E-state index is -0.0814. The zero-order valence-electron chi connectivity index (χ0n) is 10.3. The summed E-state index contributed by atoms with van der Waals surface area (Å²) in [5.41, 5.74) is 1.10. The summed E-state index contributed by atoms with van der Waals surface area (Å²) in [6.45, 7) is 3.86. The first kappa shape index (κ1) is 12.4. The summed E-state index contributed by atoms with van der Waals surface area (Å²) in [4.78, 5) is 2.21. The predicted octanol–water partition coefficient (Wildman–Crippen LogP) is 1.41. The summed E-state index contributed by atoms with van der Waals surface area (Å²) in [7, 11) is 1.65. The van der Waals surface area contributed by atoms with E-state index < -0.39 is 0 Å². The lowest BCUT2D eigenvalue weighted by molar-refractivity contribution is -0.0184. The van der Waals surface area contributed by atoms with Crippen LogP contribution in [0.2, 0.25) is 0 Å². The molecule has 1 saturated heterocycles. The standard InChI is InChI=1S/C13H19NO3/c1-3-14-8-12(9-15)17-13(14)10-4-6-11(16-2)7-5-10/h4-7,12-13,15H,3,8-9H2,1-2H3. The molecule has 17 heavy (non-hydrogen) atoms. The Bertz CT molecular complexity index is 352. The van der Waals surface area contributed by atoms with Gasteiger partial charge in [-0.2, -0.15) is 0 Å². The molecule has 1 aromatic carbocycles. The Morgan fingerprint density at radius 2 is 2.12 bits per heavy atom. The SMILES string of the molecule is CCN1CC(CO)OC1c1ccc(OC)cc1. The maximum atomic E-state index is 9.15. The van der Waals surface area contributed by atoms with Crippen molar-refractivity contribution in [1.82, 2.24) is 4.90 Å². The van der Waals surface area contributed by atoms with Crippen LogP contribution in [0.5, 0.6) is 5.75 Å². The number of rotatable bonds is 4. The topological polar surface area (TPSA) is 41.9 Å². The molecule has 1 aromatic rings. The van der Waals surface area contributed by atoms with E-state index in [1.54, 1.807) is 7.11 Å². The summed E-state index contributed by atoms with van der Waals surface area (Å²) in [6.07, 6.45) is -0.134. The van der Waals surface area contributed by atoms with Gasteiger partial charge >= 0.3 is 0 Å². The van der Waals surface area contributed by atoms with E-state index >= 15 is 0 Å². The van der Waals surface area contributed by atoms with E-state index in [-0.39, 0.29) is 18.9 Å². The van der Waals surface area contributed by atoms with Gasteiger partial charge in [-0.15, -0.1) is 0 Å². The second kappa shape index (κ2) is 5.49. The zero-order chi connectivity index (χ0) is 12.3. The van der Waals surface area contributed by atoms with E-state index in [1.807, 2.05) is 24.3 Å². The van der Waals surface area contributed by atoms with Crippen LogP contribution >= 0.6 is 0 Å². The fourth-order valence-electron chi connectivity index (χ4n) is 2.12. The lowest BCUT2D eigenvalue weighted by atomic mass is 10.2. The van der Waals surface area contributed by atoms with E-state index in [0.29, 0.717) is 0 Å². The van der Waals surface area contributed by atoms with Gasteiger partial charge in [0.05, 0.1) is 19.8 Å². The van der Waals surface area contributed by atoms with Crippen molar-refractivity contribution in [2.75, 3.05) is 26.8 Å². The Kier molecular flexibility index (Phi) is 3.99. The number of ether oxygens (including phenoxy) is 2. The highest BCUT2D eigenvalue weighted by atomic mass is 16.5. The molecule has 1 N–H and O–H groups in total. The lowest BCUT2D eigenvalue weighted by Crippen LogP contribution is -2.25. The molecule has 0 bridgehead atoms. The summed E-state index contributed by atoms with van der Waals surface area (Å²) in [5.74, 6) is 0.841. The van der Waals surface area contributed by atoms with Crippen LogP contribution in [0.15, 0.2) is 24.3 Å². The van der Waals surface area contributed by atoms with Gasteiger partial charge in [-0.05, 0) is 24.2 Å². The average Bonchev–Trinajstić information content (AvgIpc) is 2.82. The molecule has 1 fully saturated rings. The zero-order valence-corrected chi connectivity index (χ0v) is 10.3. The fraction of sp³-hybridized carbons (Fsp3) is 0.538. The number of nitrogens with zero attached hydrogens (tertiary/aromatic N) is 1. The van der Waals surface area contributed by atoms with Gasteiger partial charge in [0.25, 0.3) is 0 Å². The van der Waals surface area contributed by atoms with Crippen molar-refractivity contribution in [3.05, 3.63) is 29.8 Å². The van der Waals surface area contributed by atoms with Crippen molar-refractivity contribution in [2.45, 2.75) is 19.3 Å². The molecule has 0 amide bonds. The van der Waals surface area contributed by atoms with Crippen LogP contribution in [0, 0.1) is 0 Å². The molecule has 94 valence electrons. The smallest absolute Gasteiger partial charge is 0.137 e. The molecule has 0 aliphatic carbocycles. The van der Waals surface area contributed by atoms with Crippen molar-refractivity contribution < 1.29 is 14.6 Å². The quantitative estimate of drug-likeness (QED) is 0.859. The van der Waals surface area contributed by atoms with Crippen LogP contribution in [-0.2, 0) is 4.74 Å². The Morgan fingerprint density at radius 1 is 1.41 bits per heavy atom. The molecule has 2 unspecified atom stereocenters. The first-order chi connectivity index (χ1) is 8.28. The second-order valence-electron chi connectivity index (χ2n) is 4.15. The molecule has 0 spiro atoms. The van der Waals surface area contributed by atoms with Gasteiger partial charge in [0, 0.05) is 6.54 Å². The van der Waals surface area contributed by atoms with Crippen LogP contribution in [0.3, 0.4) is 0 Å². The molecule has 1 aliphatic heterocycles. The summed E-state index contributed by atoms with van der Waals surface area (Å²) in [5, 5.41) is 9.15. The number of benzene rings is 1. The van der Waals surface area contributed by atoms with Gasteiger partial charge < -0.3 is 14.6 Å². The molecule has 0 saturated carbocycles. The van der Waals surface area contributed by atoms with Gasteiger partial charge in [0.1, 0.15) is 12.0 Å². The molecular formula is C13H19NO3. The fourth-order valence-corrected chi connectivity index (χ4v) is 2.12.